The third-order valence-corrected chi connectivity index (χ3v) is 3.29. The normalized spacial score (nSPS) is 11.5. The van der Waals surface area contributed by atoms with Gasteiger partial charge >= 0.3 is 0 Å². The highest BCUT2D eigenvalue weighted by molar-refractivity contribution is 6.04. The van der Waals surface area contributed by atoms with Gasteiger partial charge in [-0.15, -0.1) is 0 Å². The van der Waals surface area contributed by atoms with Gasteiger partial charge in [0.1, 0.15) is 23.4 Å². The molecule has 0 radical (unpaired) electrons. The number of carbonyl (C=O) groups excluding carboxylic acids is 1. The lowest BCUT2D eigenvalue weighted by molar-refractivity contribution is -0.107. The molecule has 0 aliphatic carbocycles. The van der Waals surface area contributed by atoms with Crippen molar-refractivity contribution in [3.05, 3.63) is 29.2 Å². The van der Waals surface area contributed by atoms with Crippen molar-refractivity contribution < 1.29 is 18.7 Å². The van der Waals surface area contributed by atoms with Crippen molar-refractivity contribution in [1.29, 1.82) is 0 Å². The molecule has 0 amide bonds. The second-order valence-corrected chi connectivity index (χ2v) is 4.73. The minimum absolute atomic E-state index is 0.102. The molecule has 4 nitrogen and oxygen atoms in total. The zero-order valence-electron chi connectivity index (χ0n) is 10.8. The molecule has 0 saturated heterocycles. The van der Waals surface area contributed by atoms with Gasteiger partial charge in [-0.2, -0.15) is 0 Å². The number of aryl methyl sites for hydroxylation is 3. The van der Waals surface area contributed by atoms with E-state index in [4.69, 9.17) is 8.83 Å². The summed E-state index contributed by atoms with van der Waals surface area (Å²) in [6.45, 7) is 3.66. The van der Waals surface area contributed by atoms with E-state index in [1.54, 1.807) is 6.07 Å². The van der Waals surface area contributed by atoms with E-state index < -0.39 is 0 Å². The molecule has 2 heterocycles. The minimum atomic E-state index is 0.102. The highest BCUT2D eigenvalue weighted by Crippen LogP contribution is 2.40. The first-order valence-corrected chi connectivity index (χ1v) is 6.19. The summed E-state index contributed by atoms with van der Waals surface area (Å²) < 4.78 is 11.2. The van der Waals surface area contributed by atoms with Crippen LogP contribution in [-0.2, 0) is 11.2 Å². The zero-order valence-corrected chi connectivity index (χ0v) is 10.8. The molecule has 1 N–H and O–H groups in total. The second kappa shape index (κ2) is 4.16. The standard InChI is InChI=1S/C15H14O4/c1-8-6-11-10(4-3-5-16)14-12(7-9(2)18-14)13(17)15(11)19-8/h5-7,17H,3-4H2,1-2H3. The van der Waals surface area contributed by atoms with Gasteiger partial charge in [-0.1, -0.05) is 0 Å². The number of hydrogen-bond donors (Lipinski definition) is 1. The molecule has 0 unspecified atom stereocenters. The number of furan rings is 2. The van der Waals surface area contributed by atoms with Crippen LogP contribution in [0.1, 0.15) is 23.5 Å². The van der Waals surface area contributed by atoms with Crippen molar-refractivity contribution in [2.45, 2.75) is 26.7 Å². The molecule has 4 heteroatoms. The van der Waals surface area contributed by atoms with Crippen LogP contribution in [0.15, 0.2) is 21.0 Å². The molecule has 0 spiro atoms. The summed E-state index contributed by atoms with van der Waals surface area (Å²) in [5, 5.41) is 11.7. The van der Waals surface area contributed by atoms with Crippen molar-refractivity contribution >= 4 is 28.2 Å². The molecule has 0 saturated carbocycles. The minimum Gasteiger partial charge on any atom is -0.504 e. The molecule has 0 atom stereocenters. The lowest BCUT2D eigenvalue weighted by Crippen LogP contribution is -1.88. The van der Waals surface area contributed by atoms with Crippen molar-refractivity contribution in [3.63, 3.8) is 0 Å². The fourth-order valence-electron chi connectivity index (χ4n) is 2.52. The number of hydrogen-bond acceptors (Lipinski definition) is 4. The van der Waals surface area contributed by atoms with Gasteiger partial charge in [0, 0.05) is 17.4 Å². The van der Waals surface area contributed by atoms with Crippen LogP contribution in [-0.4, -0.2) is 11.4 Å². The summed E-state index contributed by atoms with van der Waals surface area (Å²) in [5.74, 6) is 1.55. The molecule has 2 aromatic heterocycles. The van der Waals surface area contributed by atoms with E-state index in [0.29, 0.717) is 29.4 Å². The molecular weight excluding hydrogens is 244 g/mol. The Balaban J connectivity index is 2.43. The Morgan fingerprint density at radius 3 is 2.42 bits per heavy atom. The summed E-state index contributed by atoms with van der Waals surface area (Å²) in [6.07, 6.45) is 1.87. The summed E-state index contributed by atoms with van der Waals surface area (Å²) in [7, 11) is 0. The van der Waals surface area contributed by atoms with E-state index in [1.165, 1.54) is 0 Å². The van der Waals surface area contributed by atoms with Crippen LogP contribution in [0.3, 0.4) is 0 Å². The molecule has 0 fully saturated rings. The van der Waals surface area contributed by atoms with Gasteiger partial charge in [-0.25, -0.2) is 0 Å². The Kier molecular flexibility index (Phi) is 2.59. The molecule has 3 aromatic rings. The summed E-state index contributed by atoms with van der Waals surface area (Å²) >= 11 is 0. The van der Waals surface area contributed by atoms with E-state index >= 15 is 0 Å². The van der Waals surface area contributed by atoms with Crippen LogP contribution in [0.25, 0.3) is 21.9 Å². The Morgan fingerprint density at radius 2 is 1.74 bits per heavy atom. The SMILES string of the molecule is Cc1cc2c(CCC=O)c3oc(C)cc3c(O)c2o1. The highest BCUT2D eigenvalue weighted by atomic mass is 16.4. The van der Waals surface area contributed by atoms with Gasteiger partial charge in [-0.05, 0) is 32.4 Å². The predicted molar refractivity (Wildman–Crippen MR) is 71.5 cm³/mol. The summed E-state index contributed by atoms with van der Waals surface area (Å²) in [5.41, 5.74) is 2.02. The maximum atomic E-state index is 10.6. The number of fused-ring (bicyclic) bond motifs is 2. The first kappa shape index (κ1) is 11.8. The first-order valence-electron chi connectivity index (χ1n) is 6.19. The van der Waals surface area contributed by atoms with Crippen LogP contribution in [0.2, 0.25) is 0 Å². The largest absolute Gasteiger partial charge is 0.504 e. The molecular formula is C15H14O4. The number of phenolic OH excluding ortho intramolecular Hbond substituents is 1. The molecule has 0 aliphatic heterocycles. The molecule has 0 bridgehead atoms. The Bertz CT molecular complexity index is 719. The Labute approximate surface area is 109 Å². The van der Waals surface area contributed by atoms with Gasteiger partial charge in [-0.3, -0.25) is 0 Å². The number of aldehydes is 1. The van der Waals surface area contributed by atoms with Gasteiger partial charge in [0.25, 0.3) is 0 Å². The number of rotatable bonds is 3. The number of benzene rings is 1. The van der Waals surface area contributed by atoms with Gasteiger partial charge < -0.3 is 18.7 Å². The average Bonchev–Trinajstić information content (AvgIpc) is 2.93. The van der Waals surface area contributed by atoms with Crippen molar-refractivity contribution in [1.82, 2.24) is 0 Å². The van der Waals surface area contributed by atoms with Crippen LogP contribution in [0.4, 0.5) is 0 Å². The van der Waals surface area contributed by atoms with Gasteiger partial charge in [0.05, 0.1) is 5.39 Å². The molecule has 3 rings (SSSR count). The van der Waals surface area contributed by atoms with Crippen LogP contribution in [0, 0.1) is 13.8 Å². The number of aromatic hydroxyl groups is 1. The first-order chi connectivity index (χ1) is 9.11. The number of phenols is 1. The summed E-state index contributed by atoms with van der Waals surface area (Å²) in [6, 6.07) is 3.65. The van der Waals surface area contributed by atoms with E-state index in [2.05, 4.69) is 0 Å². The smallest absolute Gasteiger partial charge is 0.177 e. The average molecular weight is 258 g/mol. The van der Waals surface area contributed by atoms with Crippen LogP contribution in [0.5, 0.6) is 5.75 Å². The molecule has 0 aliphatic rings. The van der Waals surface area contributed by atoms with Crippen molar-refractivity contribution in [3.8, 4) is 5.75 Å². The summed E-state index contributed by atoms with van der Waals surface area (Å²) in [4.78, 5) is 10.6. The fraction of sp³-hybridized carbons (Fsp3) is 0.267. The maximum absolute atomic E-state index is 10.6. The molecule has 19 heavy (non-hydrogen) atoms. The second-order valence-electron chi connectivity index (χ2n) is 4.73. The topological polar surface area (TPSA) is 63.6 Å². The van der Waals surface area contributed by atoms with E-state index in [9.17, 15) is 9.90 Å². The van der Waals surface area contributed by atoms with E-state index in [-0.39, 0.29) is 5.75 Å². The quantitative estimate of drug-likeness (QED) is 0.728. The third-order valence-electron chi connectivity index (χ3n) is 3.29. The Hall–Kier alpha value is -2.23. The maximum Gasteiger partial charge on any atom is 0.177 e. The van der Waals surface area contributed by atoms with E-state index in [0.717, 1.165) is 28.8 Å². The lowest BCUT2D eigenvalue weighted by atomic mass is 10.0. The zero-order chi connectivity index (χ0) is 13.6. The third kappa shape index (κ3) is 1.71. The van der Waals surface area contributed by atoms with Crippen molar-refractivity contribution in [2.24, 2.45) is 0 Å². The van der Waals surface area contributed by atoms with Crippen LogP contribution < -0.4 is 0 Å². The fourth-order valence-corrected chi connectivity index (χ4v) is 2.52. The van der Waals surface area contributed by atoms with Crippen LogP contribution >= 0.6 is 0 Å². The monoisotopic (exact) mass is 258 g/mol. The molecule has 98 valence electrons. The Morgan fingerprint density at radius 1 is 1.11 bits per heavy atom. The predicted octanol–water partition coefficient (Wildman–Crippen LogP) is 3.63. The van der Waals surface area contributed by atoms with Crippen molar-refractivity contribution in [2.75, 3.05) is 0 Å². The highest BCUT2D eigenvalue weighted by Gasteiger charge is 2.19. The van der Waals surface area contributed by atoms with E-state index in [1.807, 2.05) is 19.9 Å². The lowest BCUT2D eigenvalue weighted by Gasteiger charge is -2.04. The van der Waals surface area contributed by atoms with Gasteiger partial charge in [0.15, 0.2) is 11.3 Å². The molecule has 1 aromatic carbocycles. The van der Waals surface area contributed by atoms with Gasteiger partial charge in [0.2, 0.25) is 0 Å². The number of carbonyl (C=O) groups is 1.